The van der Waals surface area contributed by atoms with Crippen molar-refractivity contribution in [3.05, 3.63) is 18.2 Å². The fourth-order valence-corrected chi connectivity index (χ4v) is 4.83. The van der Waals surface area contributed by atoms with Crippen LogP contribution < -0.4 is 14.8 Å². The summed E-state index contributed by atoms with van der Waals surface area (Å²) in [6, 6.07) is 3.87. The van der Waals surface area contributed by atoms with Crippen molar-refractivity contribution in [3.63, 3.8) is 0 Å². The Hall–Kier alpha value is -1.84. The lowest BCUT2D eigenvalue weighted by Gasteiger charge is -2.24. The van der Waals surface area contributed by atoms with Crippen LogP contribution in [0.3, 0.4) is 0 Å². The molecule has 9 heteroatoms. The Morgan fingerprint density at radius 1 is 1.31 bits per heavy atom. The maximum Gasteiger partial charge on any atom is 0.243 e. The lowest BCUT2D eigenvalue weighted by Crippen LogP contribution is -2.46. The average molecular weight is 384 g/mol. The van der Waals surface area contributed by atoms with Crippen LogP contribution in [0.25, 0.3) is 0 Å². The molecule has 26 heavy (non-hydrogen) atoms. The summed E-state index contributed by atoms with van der Waals surface area (Å²) in [4.78, 5) is 12.5. The molecule has 0 bridgehead atoms. The molecule has 0 spiro atoms. The van der Waals surface area contributed by atoms with Crippen LogP contribution in [0.1, 0.15) is 19.3 Å². The standard InChI is InChI=1S/C17H24N2O6S/c1-23-9-3-7-18-17(20)14-4-2-8-19(14)26(21,22)13-5-6-15-16(12-13)25-11-10-24-15/h5-6,12,14H,2-4,7-11H2,1H3,(H,18,20). The number of ether oxygens (including phenoxy) is 3. The Balaban J connectivity index is 1.74. The topological polar surface area (TPSA) is 94.2 Å². The van der Waals surface area contributed by atoms with E-state index >= 15 is 0 Å². The lowest BCUT2D eigenvalue weighted by molar-refractivity contribution is -0.124. The summed E-state index contributed by atoms with van der Waals surface area (Å²) in [5, 5.41) is 2.79. The molecule has 144 valence electrons. The van der Waals surface area contributed by atoms with Gasteiger partial charge in [-0.05, 0) is 31.4 Å². The molecule has 1 amide bonds. The smallest absolute Gasteiger partial charge is 0.243 e. The van der Waals surface area contributed by atoms with Gasteiger partial charge in [-0.2, -0.15) is 4.31 Å². The lowest BCUT2D eigenvalue weighted by atomic mass is 10.2. The third-order valence-corrected chi connectivity index (χ3v) is 6.36. The van der Waals surface area contributed by atoms with Gasteiger partial charge >= 0.3 is 0 Å². The van der Waals surface area contributed by atoms with Gasteiger partial charge in [-0.1, -0.05) is 0 Å². The van der Waals surface area contributed by atoms with Crippen molar-refractivity contribution < 1.29 is 27.4 Å². The molecule has 0 aliphatic carbocycles. The third-order valence-electron chi connectivity index (χ3n) is 4.45. The van der Waals surface area contributed by atoms with Gasteiger partial charge < -0.3 is 19.5 Å². The zero-order valence-corrected chi connectivity index (χ0v) is 15.6. The highest BCUT2D eigenvalue weighted by Gasteiger charge is 2.39. The summed E-state index contributed by atoms with van der Waals surface area (Å²) in [5.41, 5.74) is 0. The minimum atomic E-state index is -3.79. The predicted molar refractivity (Wildman–Crippen MR) is 93.8 cm³/mol. The van der Waals surface area contributed by atoms with Gasteiger partial charge in [0.25, 0.3) is 0 Å². The molecule has 2 aliphatic heterocycles. The van der Waals surface area contributed by atoms with Crippen molar-refractivity contribution in [1.29, 1.82) is 0 Å². The largest absolute Gasteiger partial charge is 0.486 e. The van der Waals surface area contributed by atoms with Gasteiger partial charge in [0.1, 0.15) is 19.3 Å². The minimum absolute atomic E-state index is 0.112. The van der Waals surface area contributed by atoms with Gasteiger partial charge in [-0.3, -0.25) is 4.79 Å². The van der Waals surface area contributed by atoms with E-state index in [-0.39, 0.29) is 10.8 Å². The number of carbonyl (C=O) groups excluding carboxylic acids is 1. The highest BCUT2D eigenvalue weighted by atomic mass is 32.2. The monoisotopic (exact) mass is 384 g/mol. The number of amides is 1. The third kappa shape index (κ3) is 3.94. The van der Waals surface area contributed by atoms with Crippen molar-refractivity contribution in [2.24, 2.45) is 0 Å². The Bertz CT molecular complexity index is 752. The molecule has 2 aliphatic rings. The first-order valence-electron chi connectivity index (χ1n) is 8.72. The van der Waals surface area contributed by atoms with Crippen molar-refractivity contribution in [2.75, 3.05) is 40.0 Å². The Kier molecular flexibility index (Phi) is 6.00. The number of sulfonamides is 1. The molecule has 1 saturated heterocycles. The van der Waals surface area contributed by atoms with Crippen molar-refractivity contribution in [3.8, 4) is 11.5 Å². The van der Waals surface area contributed by atoms with Crippen LogP contribution in [0, 0.1) is 0 Å². The van der Waals surface area contributed by atoms with Crippen molar-refractivity contribution >= 4 is 15.9 Å². The number of rotatable bonds is 7. The van der Waals surface area contributed by atoms with E-state index in [2.05, 4.69) is 5.32 Å². The average Bonchev–Trinajstić information content (AvgIpc) is 3.15. The second-order valence-electron chi connectivity index (χ2n) is 6.22. The number of hydrogen-bond acceptors (Lipinski definition) is 6. The van der Waals surface area contributed by atoms with Crippen molar-refractivity contribution in [2.45, 2.75) is 30.2 Å². The van der Waals surface area contributed by atoms with Crippen LogP contribution in [0.15, 0.2) is 23.1 Å². The number of benzene rings is 1. The summed E-state index contributed by atoms with van der Waals surface area (Å²) < 4.78 is 43.2. The quantitative estimate of drug-likeness (QED) is 0.698. The van der Waals surface area contributed by atoms with Crippen LogP contribution in [0.4, 0.5) is 0 Å². The molecule has 0 aromatic heterocycles. The molecule has 0 radical (unpaired) electrons. The summed E-state index contributed by atoms with van der Waals surface area (Å²) in [7, 11) is -2.19. The Labute approximate surface area is 153 Å². The molecule has 1 unspecified atom stereocenters. The highest BCUT2D eigenvalue weighted by molar-refractivity contribution is 7.89. The van der Waals surface area contributed by atoms with Gasteiger partial charge in [-0.25, -0.2) is 8.42 Å². The van der Waals surface area contributed by atoms with E-state index in [1.54, 1.807) is 13.2 Å². The van der Waals surface area contributed by atoms with Crippen LogP contribution >= 0.6 is 0 Å². The van der Waals surface area contributed by atoms with Gasteiger partial charge in [-0.15, -0.1) is 0 Å². The Morgan fingerprint density at radius 2 is 2.08 bits per heavy atom. The number of nitrogens with one attached hydrogen (secondary N) is 1. The van der Waals surface area contributed by atoms with E-state index in [9.17, 15) is 13.2 Å². The fraction of sp³-hybridized carbons (Fsp3) is 0.588. The molecule has 0 saturated carbocycles. The minimum Gasteiger partial charge on any atom is -0.486 e. The SMILES string of the molecule is COCCCNC(=O)C1CCCN1S(=O)(=O)c1ccc2c(c1)OCCO2. The summed E-state index contributed by atoms with van der Waals surface area (Å²) in [5.74, 6) is 0.681. The number of methoxy groups -OCH3 is 1. The molecule has 1 N–H and O–H groups in total. The van der Waals surface area contributed by atoms with E-state index in [4.69, 9.17) is 14.2 Å². The zero-order chi connectivity index (χ0) is 18.6. The highest BCUT2D eigenvalue weighted by Crippen LogP contribution is 2.34. The van der Waals surface area contributed by atoms with E-state index in [1.165, 1.54) is 16.4 Å². The van der Waals surface area contributed by atoms with E-state index < -0.39 is 16.1 Å². The molecule has 1 fully saturated rings. The summed E-state index contributed by atoms with van der Waals surface area (Å²) >= 11 is 0. The number of carbonyl (C=O) groups is 1. The Morgan fingerprint density at radius 3 is 2.85 bits per heavy atom. The molecule has 8 nitrogen and oxygen atoms in total. The van der Waals surface area contributed by atoms with E-state index in [1.807, 2.05) is 0 Å². The summed E-state index contributed by atoms with van der Waals surface area (Å²) in [6.07, 6.45) is 1.85. The molecule has 1 atom stereocenters. The number of hydrogen-bond donors (Lipinski definition) is 1. The van der Waals surface area contributed by atoms with Gasteiger partial charge in [0.15, 0.2) is 11.5 Å². The van der Waals surface area contributed by atoms with Crippen LogP contribution in [0.2, 0.25) is 0 Å². The molecular weight excluding hydrogens is 360 g/mol. The molecule has 2 heterocycles. The van der Waals surface area contributed by atoms with Gasteiger partial charge in [0.2, 0.25) is 15.9 Å². The normalized spacial score (nSPS) is 20.1. The predicted octanol–water partition coefficient (Wildman–Crippen LogP) is 0.764. The van der Waals surface area contributed by atoms with Crippen molar-refractivity contribution in [1.82, 2.24) is 9.62 Å². The second-order valence-corrected chi connectivity index (χ2v) is 8.11. The zero-order valence-electron chi connectivity index (χ0n) is 14.8. The molecule has 1 aromatic carbocycles. The number of nitrogens with zero attached hydrogens (tertiary/aromatic N) is 1. The summed E-state index contributed by atoms with van der Waals surface area (Å²) in [6.45, 7) is 2.15. The van der Waals surface area contributed by atoms with E-state index in [0.717, 1.165) is 0 Å². The van der Waals surface area contributed by atoms with Gasteiger partial charge in [0.05, 0.1) is 4.90 Å². The molecule has 1 aromatic rings. The second kappa shape index (κ2) is 8.24. The van der Waals surface area contributed by atoms with Crippen LogP contribution in [-0.2, 0) is 19.6 Å². The maximum atomic E-state index is 13.0. The fourth-order valence-electron chi connectivity index (χ4n) is 3.16. The van der Waals surface area contributed by atoms with Crippen LogP contribution in [-0.4, -0.2) is 64.7 Å². The van der Waals surface area contributed by atoms with Crippen LogP contribution in [0.5, 0.6) is 11.5 Å². The molecular formula is C17H24N2O6S. The van der Waals surface area contributed by atoms with E-state index in [0.29, 0.717) is 63.7 Å². The van der Waals surface area contributed by atoms with Gasteiger partial charge in [0, 0.05) is 32.9 Å². The first-order chi connectivity index (χ1) is 12.5. The first kappa shape index (κ1) is 18.9. The number of fused-ring (bicyclic) bond motifs is 1. The molecule has 3 rings (SSSR count). The maximum absolute atomic E-state index is 13.0. The first-order valence-corrected chi connectivity index (χ1v) is 10.2.